The molecule has 1 unspecified atom stereocenters. The molecular formula is C12H16ClNO5S. The van der Waals surface area contributed by atoms with Crippen LogP contribution in [0.5, 0.6) is 5.75 Å². The first-order chi connectivity index (χ1) is 9.23. The molecule has 0 aliphatic rings. The fourth-order valence-corrected chi connectivity index (χ4v) is 3.09. The number of hydrogen-bond donors (Lipinski definition) is 0. The highest BCUT2D eigenvalue weighted by Crippen LogP contribution is 2.28. The quantitative estimate of drug-likeness (QED) is 0.438. The average Bonchev–Trinajstić information content (AvgIpc) is 2.32. The Balaban J connectivity index is 2.82. The number of nitrogens with zero attached hydrogens (tertiary/aromatic N) is 1. The normalized spacial score (nSPS) is 12.9. The first-order valence-electron chi connectivity index (χ1n) is 6.03. The van der Waals surface area contributed by atoms with Crippen LogP contribution >= 0.6 is 10.7 Å². The summed E-state index contributed by atoms with van der Waals surface area (Å²) in [4.78, 5) is 10.4. The van der Waals surface area contributed by atoms with Gasteiger partial charge in [-0.2, -0.15) is 0 Å². The molecule has 1 aromatic carbocycles. The molecule has 0 radical (unpaired) electrons. The van der Waals surface area contributed by atoms with Gasteiger partial charge in [0, 0.05) is 22.7 Å². The van der Waals surface area contributed by atoms with Gasteiger partial charge in [0.2, 0.25) is 9.05 Å². The minimum absolute atomic E-state index is 0.0622. The fraction of sp³-hybridized carbons (Fsp3) is 0.500. The van der Waals surface area contributed by atoms with Gasteiger partial charge in [-0.25, -0.2) is 8.42 Å². The molecule has 0 spiro atoms. The van der Waals surface area contributed by atoms with Crippen molar-refractivity contribution in [2.24, 2.45) is 5.92 Å². The summed E-state index contributed by atoms with van der Waals surface area (Å²) in [6.07, 6.45) is 0.547. The zero-order valence-corrected chi connectivity index (χ0v) is 12.8. The van der Waals surface area contributed by atoms with E-state index in [1.807, 2.05) is 0 Å². The molecule has 112 valence electrons. The van der Waals surface area contributed by atoms with E-state index in [0.717, 1.165) is 5.56 Å². The molecule has 1 aromatic rings. The van der Waals surface area contributed by atoms with Gasteiger partial charge in [0.1, 0.15) is 0 Å². The Morgan fingerprint density at radius 1 is 1.45 bits per heavy atom. The summed E-state index contributed by atoms with van der Waals surface area (Å²) in [5.41, 5.74) is 0.683. The Kier molecular flexibility index (Phi) is 5.76. The Morgan fingerprint density at radius 3 is 2.60 bits per heavy atom. The van der Waals surface area contributed by atoms with Gasteiger partial charge in [-0.05, 0) is 25.0 Å². The Morgan fingerprint density at radius 2 is 2.10 bits per heavy atom. The highest BCUT2D eigenvalue weighted by molar-refractivity contribution is 8.13. The smallest absolute Gasteiger partial charge is 0.310 e. The van der Waals surface area contributed by atoms with Gasteiger partial charge in [0.05, 0.1) is 17.3 Å². The Bertz CT molecular complexity index is 588. The van der Waals surface area contributed by atoms with Crippen molar-refractivity contribution in [2.75, 3.05) is 12.4 Å². The van der Waals surface area contributed by atoms with Crippen LogP contribution in [0.1, 0.15) is 18.9 Å². The van der Waals surface area contributed by atoms with E-state index >= 15 is 0 Å². The Hall–Kier alpha value is -1.34. The molecule has 1 atom stereocenters. The van der Waals surface area contributed by atoms with Crippen molar-refractivity contribution >= 4 is 25.4 Å². The van der Waals surface area contributed by atoms with Crippen LogP contribution in [0.4, 0.5) is 5.69 Å². The van der Waals surface area contributed by atoms with E-state index in [-0.39, 0.29) is 29.7 Å². The molecule has 0 saturated heterocycles. The third-order valence-corrected chi connectivity index (χ3v) is 4.05. The topological polar surface area (TPSA) is 86.5 Å². The molecule has 0 N–H and O–H groups in total. The molecule has 1 rings (SSSR count). The van der Waals surface area contributed by atoms with E-state index in [1.54, 1.807) is 26.0 Å². The van der Waals surface area contributed by atoms with E-state index in [9.17, 15) is 18.5 Å². The molecular weight excluding hydrogens is 306 g/mol. The van der Waals surface area contributed by atoms with Gasteiger partial charge in [-0.15, -0.1) is 0 Å². The molecule has 8 heteroatoms. The van der Waals surface area contributed by atoms with Crippen molar-refractivity contribution in [3.05, 3.63) is 33.9 Å². The first kappa shape index (κ1) is 16.7. The molecule has 20 heavy (non-hydrogen) atoms. The highest BCUT2D eigenvalue weighted by Gasteiger charge is 2.19. The number of halogens is 1. The van der Waals surface area contributed by atoms with E-state index in [1.165, 1.54) is 6.07 Å². The molecule has 0 aliphatic carbocycles. The first-order valence-corrected chi connectivity index (χ1v) is 8.51. The van der Waals surface area contributed by atoms with Crippen molar-refractivity contribution in [3.8, 4) is 5.75 Å². The number of nitro groups is 1. The summed E-state index contributed by atoms with van der Waals surface area (Å²) in [6.45, 7) is 3.66. The summed E-state index contributed by atoms with van der Waals surface area (Å²) in [6, 6.07) is 4.54. The zero-order chi connectivity index (χ0) is 15.3. The molecule has 0 fully saturated rings. The molecule has 0 saturated carbocycles. The van der Waals surface area contributed by atoms with Gasteiger partial charge >= 0.3 is 5.69 Å². The third kappa shape index (κ3) is 5.34. The number of benzene rings is 1. The highest BCUT2D eigenvalue weighted by atomic mass is 35.7. The summed E-state index contributed by atoms with van der Waals surface area (Å²) >= 11 is 0. The van der Waals surface area contributed by atoms with Crippen molar-refractivity contribution in [2.45, 2.75) is 20.3 Å². The van der Waals surface area contributed by atoms with Crippen molar-refractivity contribution in [1.29, 1.82) is 0 Å². The van der Waals surface area contributed by atoms with Gasteiger partial charge < -0.3 is 4.74 Å². The number of ether oxygens (including phenoxy) is 1. The summed E-state index contributed by atoms with van der Waals surface area (Å²) < 4.78 is 27.5. The van der Waals surface area contributed by atoms with Gasteiger partial charge in [-0.1, -0.05) is 13.0 Å². The van der Waals surface area contributed by atoms with Crippen LogP contribution in [-0.4, -0.2) is 25.7 Å². The monoisotopic (exact) mass is 321 g/mol. The molecule has 0 aliphatic heterocycles. The lowest BCUT2D eigenvalue weighted by Crippen LogP contribution is -2.19. The SMILES string of the molecule is CCC(COc1cc(C)ccc1[N+](=O)[O-])CS(=O)(=O)Cl. The maximum Gasteiger partial charge on any atom is 0.310 e. The average molecular weight is 322 g/mol. The molecule has 0 amide bonds. The van der Waals surface area contributed by atoms with Crippen LogP contribution in [0.2, 0.25) is 0 Å². The van der Waals surface area contributed by atoms with E-state index in [4.69, 9.17) is 15.4 Å². The Labute approximate surface area is 122 Å². The minimum atomic E-state index is -3.62. The number of nitro benzene ring substituents is 1. The van der Waals surface area contributed by atoms with Crippen LogP contribution in [0.3, 0.4) is 0 Å². The predicted molar refractivity (Wildman–Crippen MR) is 76.7 cm³/mol. The van der Waals surface area contributed by atoms with Crippen molar-refractivity contribution in [1.82, 2.24) is 0 Å². The number of hydrogen-bond acceptors (Lipinski definition) is 5. The van der Waals surface area contributed by atoms with E-state index < -0.39 is 14.0 Å². The molecule has 0 aromatic heterocycles. The second-order valence-electron chi connectivity index (χ2n) is 4.52. The fourth-order valence-electron chi connectivity index (χ4n) is 1.66. The number of rotatable bonds is 7. The van der Waals surface area contributed by atoms with Crippen LogP contribution in [-0.2, 0) is 9.05 Å². The van der Waals surface area contributed by atoms with Crippen LogP contribution < -0.4 is 4.74 Å². The molecule has 0 bridgehead atoms. The van der Waals surface area contributed by atoms with Crippen LogP contribution in [0.25, 0.3) is 0 Å². The van der Waals surface area contributed by atoms with Crippen LogP contribution in [0, 0.1) is 23.0 Å². The lowest BCUT2D eigenvalue weighted by Gasteiger charge is -2.14. The van der Waals surface area contributed by atoms with Crippen molar-refractivity contribution in [3.63, 3.8) is 0 Å². The van der Waals surface area contributed by atoms with Crippen molar-refractivity contribution < 1.29 is 18.1 Å². The van der Waals surface area contributed by atoms with Gasteiger partial charge in [-0.3, -0.25) is 10.1 Å². The maximum absolute atomic E-state index is 11.0. The van der Waals surface area contributed by atoms with Gasteiger partial charge in [0.15, 0.2) is 5.75 Å². The zero-order valence-electron chi connectivity index (χ0n) is 11.2. The predicted octanol–water partition coefficient (Wildman–Crippen LogP) is 2.88. The van der Waals surface area contributed by atoms with Gasteiger partial charge in [0.25, 0.3) is 0 Å². The van der Waals surface area contributed by atoms with E-state index in [2.05, 4.69) is 0 Å². The number of aryl methyl sites for hydroxylation is 1. The minimum Gasteiger partial charge on any atom is -0.486 e. The second kappa shape index (κ2) is 6.90. The standard InChI is InChI=1S/C12H16ClNO5S/c1-3-10(8-20(13,17)18)7-19-12-6-9(2)4-5-11(12)14(15)16/h4-6,10H,3,7-8H2,1-2H3. The molecule has 0 heterocycles. The summed E-state index contributed by atoms with van der Waals surface area (Å²) in [5, 5.41) is 10.9. The van der Waals surface area contributed by atoms with E-state index in [0.29, 0.717) is 6.42 Å². The summed E-state index contributed by atoms with van der Waals surface area (Å²) in [5.74, 6) is -0.386. The maximum atomic E-state index is 11.0. The van der Waals surface area contributed by atoms with Crippen LogP contribution in [0.15, 0.2) is 18.2 Å². The summed E-state index contributed by atoms with van der Waals surface area (Å²) in [7, 11) is 1.59. The lowest BCUT2D eigenvalue weighted by atomic mass is 10.1. The lowest BCUT2D eigenvalue weighted by molar-refractivity contribution is -0.385. The largest absolute Gasteiger partial charge is 0.486 e. The second-order valence-corrected chi connectivity index (χ2v) is 7.34. The third-order valence-electron chi connectivity index (χ3n) is 2.80. The molecule has 6 nitrogen and oxygen atoms in total.